The van der Waals surface area contributed by atoms with Crippen LogP contribution in [0.15, 0.2) is 35.4 Å². The van der Waals surface area contributed by atoms with Gasteiger partial charge in [-0.2, -0.15) is 5.10 Å². The number of benzene rings is 2. The number of aryl methyl sites for hydroxylation is 2. The van der Waals surface area contributed by atoms with E-state index < -0.39 is 16.4 Å². The lowest BCUT2D eigenvalue weighted by Crippen LogP contribution is -2.03. The van der Waals surface area contributed by atoms with Crippen LogP contribution in [0.4, 0.5) is 11.4 Å². The summed E-state index contributed by atoms with van der Waals surface area (Å²) in [6.45, 7) is 3.91. The normalized spacial score (nSPS) is 10.9. The van der Waals surface area contributed by atoms with Crippen LogP contribution in [0, 0.1) is 24.0 Å². The monoisotopic (exact) mass is 318 g/mol. The molecule has 0 fully saturated rings. The Hall–Kier alpha value is -2.60. The van der Waals surface area contributed by atoms with Crippen LogP contribution < -0.4 is 10.5 Å². The Bertz CT molecular complexity index is 760. The summed E-state index contributed by atoms with van der Waals surface area (Å²) in [4.78, 5) is 10.0. The standard InChI is InChI=1S/C15H14ClN3O3/c1-9-3-4-13(10(2)5-9)18-17-8-11-6-12(16)7-14(15(11)20)19(21)22/h3-8,18,20H,1-2H3/p-1/b17-8-. The number of nitrogens with zero attached hydrogens (tertiary/aromatic N) is 2. The number of nitro groups is 1. The number of halogens is 1. The number of nitro benzene ring substituents is 1. The molecule has 0 saturated carbocycles. The summed E-state index contributed by atoms with van der Waals surface area (Å²) in [6.07, 6.45) is 1.22. The Balaban J connectivity index is 2.25. The zero-order chi connectivity index (χ0) is 16.3. The quantitative estimate of drug-likeness (QED) is 0.531. The van der Waals surface area contributed by atoms with Crippen molar-refractivity contribution in [2.45, 2.75) is 13.8 Å². The van der Waals surface area contributed by atoms with Gasteiger partial charge in [0.25, 0.3) is 5.69 Å². The van der Waals surface area contributed by atoms with E-state index in [-0.39, 0.29) is 10.6 Å². The molecule has 0 spiro atoms. The number of hydrogen-bond acceptors (Lipinski definition) is 5. The van der Waals surface area contributed by atoms with Gasteiger partial charge in [-0.25, -0.2) is 0 Å². The van der Waals surface area contributed by atoms with Crippen LogP contribution in [-0.4, -0.2) is 11.1 Å². The minimum atomic E-state index is -0.761. The van der Waals surface area contributed by atoms with Crippen LogP contribution in [0.1, 0.15) is 16.7 Å². The molecule has 0 bridgehead atoms. The van der Waals surface area contributed by atoms with Gasteiger partial charge in [0.05, 0.1) is 16.8 Å². The number of anilines is 1. The molecule has 2 aromatic carbocycles. The van der Waals surface area contributed by atoms with Crippen LogP contribution in [0.5, 0.6) is 5.75 Å². The lowest BCUT2D eigenvalue weighted by Gasteiger charge is -2.11. The molecule has 2 aromatic rings. The number of rotatable bonds is 4. The van der Waals surface area contributed by atoms with Crippen LogP contribution in [0.3, 0.4) is 0 Å². The van der Waals surface area contributed by atoms with Crippen LogP contribution >= 0.6 is 11.6 Å². The predicted molar refractivity (Wildman–Crippen MR) is 84.7 cm³/mol. The first-order valence-electron chi connectivity index (χ1n) is 6.40. The van der Waals surface area contributed by atoms with E-state index in [0.717, 1.165) is 22.9 Å². The van der Waals surface area contributed by atoms with Gasteiger partial charge in [0.2, 0.25) is 0 Å². The van der Waals surface area contributed by atoms with Gasteiger partial charge in [0.1, 0.15) is 0 Å². The largest absolute Gasteiger partial charge is 0.867 e. The van der Waals surface area contributed by atoms with Gasteiger partial charge < -0.3 is 5.11 Å². The van der Waals surface area contributed by atoms with Crippen molar-refractivity contribution in [3.05, 3.63) is 62.2 Å². The molecule has 0 aromatic heterocycles. The van der Waals surface area contributed by atoms with E-state index in [9.17, 15) is 15.2 Å². The number of hydrazone groups is 1. The Morgan fingerprint density at radius 1 is 1.27 bits per heavy atom. The van der Waals surface area contributed by atoms with Crippen LogP contribution in [-0.2, 0) is 0 Å². The maximum Gasteiger partial charge on any atom is 0.263 e. The summed E-state index contributed by atoms with van der Waals surface area (Å²) in [6, 6.07) is 8.14. The molecular formula is C15H13ClN3O3-. The van der Waals surface area contributed by atoms with Gasteiger partial charge >= 0.3 is 0 Å². The molecule has 114 valence electrons. The minimum absolute atomic E-state index is 0.0523. The highest BCUT2D eigenvalue weighted by molar-refractivity contribution is 6.31. The van der Waals surface area contributed by atoms with E-state index in [4.69, 9.17) is 11.6 Å². The first kappa shape index (κ1) is 15.8. The van der Waals surface area contributed by atoms with Crippen LogP contribution in [0.25, 0.3) is 0 Å². The lowest BCUT2D eigenvalue weighted by atomic mass is 10.1. The van der Waals surface area contributed by atoms with Crippen molar-refractivity contribution in [2.75, 3.05) is 5.43 Å². The zero-order valence-electron chi connectivity index (χ0n) is 12.0. The first-order valence-corrected chi connectivity index (χ1v) is 6.77. The van der Waals surface area contributed by atoms with E-state index in [1.165, 1.54) is 12.3 Å². The fraction of sp³-hybridized carbons (Fsp3) is 0.133. The third-order valence-corrected chi connectivity index (χ3v) is 3.25. The van der Waals surface area contributed by atoms with E-state index in [0.29, 0.717) is 0 Å². The number of hydrogen-bond donors (Lipinski definition) is 1. The Kier molecular flexibility index (Phi) is 4.62. The van der Waals surface area contributed by atoms with E-state index >= 15 is 0 Å². The maximum absolute atomic E-state index is 11.9. The second-order valence-corrected chi connectivity index (χ2v) is 5.23. The van der Waals surface area contributed by atoms with Crippen molar-refractivity contribution in [3.63, 3.8) is 0 Å². The van der Waals surface area contributed by atoms with E-state index in [1.807, 2.05) is 32.0 Å². The lowest BCUT2D eigenvalue weighted by molar-refractivity contribution is -0.398. The minimum Gasteiger partial charge on any atom is -0.867 e. The van der Waals surface area contributed by atoms with Gasteiger partial charge in [-0.05, 0) is 42.9 Å². The van der Waals surface area contributed by atoms with Crippen molar-refractivity contribution in [2.24, 2.45) is 5.10 Å². The molecule has 0 amide bonds. The molecule has 0 aliphatic heterocycles. The van der Waals surface area contributed by atoms with E-state index in [1.54, 1.807) is 0 Å². The molecule has 2 rings (SSSR count). The molecule has 0 radical (unpaired) electrons. The molecule has 0 aliphatic carbocycles. The highest BCUT2D eigenvalue weighted by Crippen LogP contribution is 2.30. The maximum atomic E-state index is 11.9. The second kappa shape index (κ2) is 6.44. The highest BCUT2D eigenvalue weighted by atomic mass is 35.5. The summed E-state index contributed by atoms with van der Waals surface area (Å²) < 4.78 is 0. The molecule has 1 N–H and O–H groups in total. The molecule has 0 heterocycles. The third-order valence-electron chi connectivity index (χ3n) is 3.03. The zero-order valence-corrected chi connectivity index (χ0v) is 12.7. The van der Waals surface area contributed by atoms with Crippen LogP contribution in [0.2, 0.25) is 5.02 Å². The van der Waals surface area contributed by atoms with Crippen molar-refractivity contribution < 1.29 is 10.0 Å². The Morgan fingerprint density at radius 3 is 2.64 bits per heavy atom. The summed E-state index contributed by atoms with van der Waals surface area (Å²) >= 11 is 5.78. The Labute approximate surface area is 132 Å². The van der Waals surface area contributed by atoms with Gasteiger partial charge in [0, 0.05) is 11.1 Å². The molecule has 7 heteroatoms. The summed E-state index contributed by atoms with van der Waals surface area (Å²) in [7, 11) is 0. The fourth-order valence-electron chi connectivity index (χ4n) is 1.94. The van der Waals surface area contributed by atoms with Crippen molar-refractivity contribution in [1.82, 2.24) is 0 Å². The summed E-state index contributed by atoms with van der Waals surface area (Å²) in [5.41, 5.74) is 5.19. The van der Waals surface area contributed by atoms with Crippen molar-refractivity contribution >= 4 is 29.2 Å². The van der Waals surface area contributed by atoms with E-state index in [2.05, 4.69) is 10.5 Å². The van der Waals surface area contributed by atoms with Gasteiger partial charge in [-0.3, -0.25) is 15.5 Å². The predicted octanol–water partition coefficient (Wildman–Crippen LogP) is 3.38. The van der Waals surface area contributed by atoms with Gasteiger partial charge in [-0.1, -0.05) is 29.3 Å². The van der Waals surface area contributed by atoms with Gasteiger partial charge in [0.15, 0.2) is 0 Å². The van der Waals surface area contributed by atoms with Crippen molar-refractivity contribution in [1.29, 1.82) is 0 Å². The molecule has 0 unspecified atom stereocenters. The fourth-order valence-corrected chi connectivity index (χ4v) is 2.16. The van der Waals surface area contributed by atoms with Crippen molar-refractivity contribution in [3.8, 4) is 5.75 Å². The smallest absolute Gasteiger partial charge is 0.263 e. The average Bonchev–Trinajstić information content (AvgIpc) is 2.44. The summed E-state index contributed by atoms with van der Waals surface area (Å²) in [5, 5.41) is 26.7. The average molecular weight is 319 g/mol. The highest BCUT2D eigenvalue weighted by Gasteiger charge is 2.11. The topological polar surface area (TPSA) is 90.6 Å². The molecule has 0 saturated heterocycles. The summed E-state index contributed by atoms with van der Waals surface area (Å²) in [5.74, 6) is -0.722. The molecule has 6 nitrogen and oxygen atoms in total. The molecular weight excluding hydrogens is 306 g/mol. The SMILES string of the molecule is Cc1ccc(N/N=C\c2cc(Cl)cc([N+](=O)[O-])c2[O-])c(C)c1. The molecule has 22 heavy (non-hydrogen) atoms. The number of nitrogens with one attached hydrogen (secondary N) is 1. The second-order valence-electron chi connectivity index (χ2n) is 4.79. The molecule has 0 atom stereocenters. The molecule has 0 aliphatic rings. The first-order chi connectivity index (χ1) is 10.4. The van der Waals surface area contributed by atoms with Gasteiger partial charge in [-0.15, -0.1) is 0 Å². The Morgan fingerprint density at radius 2 is 2.00 bits per heavy atom. The third kappa shape index (κ3) is 3.53.